The van der Waals surface area contributed by atoms with Gasteiger partial charge in [-0.3, -0.25) is 14.1 Å². The third-order valence-corrected chi connectivity index (χ3v) is 7.67. The molecule has 1 unspecified atom stereocenters. The maximum Gasteiger partial charge on any atom is 0.416 e. The van der Waals surface area contributed by atoms with Crippen LogP contribution in [0.3, 0.4) is 0 Å². The van der Waals surface area contributed by atoms with E-state index in [4.69, 9.17) is 8.97 Å². The van der Waals surface area contributed by atoms with E-state index < -0.39 is 45.3 Å². The molecule has 0 spiro atoms. The van der Waals surface area contributed by atoms with Gasteiger partial charge >= 0.3 is 6.18 Å². The first-order chi connectivity index (χ1) is 21.4. The molecule has 4 aromatic carbocycles. The molecule has 45 heavy (non-hydrogen) atoms. The van der Waals surface area contributed by atoms with E-state index in [9.17, 15) is 31.2 Å². The lowest BCUT2D eigenvalue weighted by molar-refractivity contribution is -0.137. The third-order valence-electron chi connectivity index (χ3n) is 6.95. The number of nitrogens with zero attached hydrogens (tertiary/aromatic N) is 1. The van der Waals surface area contributed by atoms with Crippen molar-refractivity contribution in [3.8, 4) is 11.5 Å². The Morgan fingerprint density at radius 3 is 2.18 bits per heavy atom. The zero-order chi connectivity index (χ0) is 32.2. The molecule has 5 aromatic rings. The van der Waals surface area contributed by atoms with E-state index in [1.165, 1.54) is 24.3 Å². The van der Waals surface area contributed by atoms with Gasteiger partial charge in [0.15, 0.2) is 5.58 Å². The molecule has 2 amide bonds. The van der Waals surface area contributed by atoms with Crippen LogP contribution in [0.5, 0.6) is 0 Å². The van der Waals surface area contributed by atoms with Gasteiger partial charge in [-0.15, -0.1) is 0 Å². The Balaban J connectivity index is 1.33. The number of aromatic nitrogens is 1. The van der Waals surface area contributed by atoms with Crippen molar-refractivity contribution in [3.63, 3.8) is 0 Å². The van der Waals surface area contributed by atoms with Crippen LogP contribution in [-0.2, 0) is 27.5 Å². The van der Waals surface area contributed by atoms with E-state index in [0.717, 1.165) is 12.1 Å². The van der Waals surface area contributed by atoms with Gasteiger partial charge in [0.2, 0.25) is 11.8 Å². The second kappa shape index (κ2) is 12.9. The molecule has 1 atom stereocenters. The zero-order valence-electron chi connectivity index (χ0n) is 23.4. The monoisotopic (exact) mass is 637 g/mol. The molecule has 0 saturated carbocycles. The lowest BCUT2D eigenvalue weighted by atomic mass is 9.90. The van der Waals surface area contributed by atoms with Crippen LogP contribution in [0.25, 0.3) is 22.6 Å². The summed E-state index contributed by atoms with van der Waals surface area (Å²) in [6, 6.07) is 24.6. The number of hydrogen-bond acceptors (Lipinski definition) is 6. The minimum atomic E-state index is -4.54. The molecule has 0 aliphatic heterocycles. The first kappa shape index (κ1) is 31.4. The highest BCUT2D eigenvalue weighted by Gasteiger charge is 2.31. The number of para-hydroxylation sites is 2. The first-order valence-electron chi connectivity index (χ1n) is 13.6. The largest absolute Gasteiger partial charge is 0.436 e. The number of carbonyl (C=O) groups is 2. The number of rotatable bonds is 10. The van der Waals surface area contributed by atoms with Gasteiger partial charge in [-0.25, -0.2) is 4.98 Å². The van der Waals surface area contributed by atoms with Crippen molar-refractivity contribution in [1.82, 2.24) is 10.3 Å². The topological polar surface area (TPSA) is 139 Å². The number of anilines is 1. The molecule has 0 aliphatic rings. The fraction of sp³-hybridized carbons (Fsp3) is 0.156. The highest BCUT2D eigenvalue weighted by Crippen LogP contribution is 2.32. The van der Waals surface area contributed by atoms with Gasteiger partial charge in [0.25, 0.3) is 16.0 Å². The maximum atomic E-state index is 13.5. The molecule has 232 valence electrons. The molecule has 1 heterocycles. The summed E-state index contributed by atoms with van der Waals surface area (Å²) in [4.78, 5) is 30.3. The molecule has 0 fully saturated rings. The van der Waals surface area contributed by atoms with Crippen LogP contribution in [0, 0.1) is 0 Å². The Bertz CT molecular complexity index is 1890. The average Bonchev–Trinajstić information content (AvgIpc) is 3.44. The van der Waals surface area contributed by atoms with Crippen molar-refractivity contribution in [2.75, 3.05) is 17.6 Å². The lowest BCUT2D eigenvalue weighted by Crippen LogP contribution is -2.28. The second-order valence-corrected chi connectivity index (χ2v) is 11.7. The summed E-state index contributed by atoms with van der Waals surface area (Å²) in [7, 11) is -4.23. The first-order valence-corrected chi connectivity index (χ1v) is 15.2. The lowest BCUT2D eigenvalue weighted by Gasteiger charge is -2.19. The van der Waals surface area contributed by atoms with Gasteiger partial charge in [-0.2, -0.15) is 21.6 Å². The van der Waals surface area contributed by atoms with Crippen molar-refractivity contribution in [2.24, 2.45) is 0 Å². The van der Waals surface area contributed by atoms with Gasteiger partial charge in [-0.05, 0) is 78.2 Å². The summed E-state index contributed by atoms with van der Waals surface area (Å²) in [5.41, 5.74) is 2.82. The Labute approximate surface area is 255 Å². The van der Waals surface area contributed by atoms with Crippen LogP contribution in [0.2, 0.25) is 0 Å². The van der Waals surface area contributed by atoms with Crippen molar-refractivity contribution in [2.45, 2.75) is 18.5 Å². The van der Waals surface area contributed by atoms with E-state index >= 15 is 0 Å². The number of halogens is 3. The molecule has 0 saturated heterocycles. The summed E-state index contributed by atoms with van der Waals surface area (Å²) in [5, 5.41) is 5.21. The van der Waals surface area contributed by atoms with Gasteiger partial charge < -0.3 is 15.1 Å². The van der Waals surface area contributed by atoms with Crippen molar-refractivity contribution in [1.29, 1.82) is 0 Å². The molecular weight excluding hydrogens is 611 g/mol. The fourth-order valence-corrected chi connectivity index (χ4v) is 4.97. The Morgan fingerprint density at radius 2 is 1.56 bits per heavy atom. The third kappa shape index (κ3) is 8.13. The van der Waals surface area contributed by atoms with Crippen LogP contribution in [0.4, 0.5) is 18.9 Å². The highest BCUT2D eigenvalue weighted by atomic mass is 32.2. The van der Waals surface area contributed by atoms with Gasteiger partial charge in [0, 0.05) is 23.4 Å². The summed E-state index contributed by atoms with van der Waals surface area (Å²) in [6.45, 7) is -0.286. The van der Waals surface area contributed by atoms with Crippen LogP contribution in [0.15, 0.2) is 101 Å². The predicted octanol–water partition coefficient (Wildman–Crippen LogP) is 6.10. The maximum absolute atomic E-state index is 13.5. The highest BCUT2D eigenvalue weighted by molar-refractivity contribution is 7.85. The van der Waals surface area contributed by atoms with Gasteiger partial charge in [0.1, 0.15) is 5.52 Å². The fourth-order valence-electron chi connectivity index (χ4n) is 4.61. The number of hydrogen-bond donors (Lipinski definition) is 3. The molecule has 0 aliphatic carbocycles. The molecular formula is C32H26F3N3O6S. The smallest absolute Gasteiger partial charge is 0.416 e. The predicted molar refractivity (Wildman–Crippen MR) is 161 cm³/mol. The SMILES string of the molecule is O=C(NCCS(=O)(=O)O)c1ccc(CC(C(=O)Nc2ccc(-c3nc4ccccc4o3)cc2)c2ccc(C(F)(F)F)cc2)cc1. The molecule has 0 radical (unpaired) electrons. The van der Waals surface area contributed by atoms with E-state index in [-0.39, 0.29) is 18.5 Å². The van der Waals surface area contributed by atoms with E-state index in [1.807, 2.05) is 18.2 Å². The van der Waals surface area contributed by atoms with Crippen molar-refractivity contribution in [3.05, 3.63) is 119 Å². The van der Waals surface area contributed by atoms with Gasteiger partial charge in [0.05, 0.1) is 17.2 Å². The molecule has 1 aromatic heterocycles. The second-order valence-electron chi connectivity index (χ2n) is 10.2. The Hall–Kier alpha value is -5.01. The van der Waals surface area contributed by atoms with Crippen molar-refractivity contribution < 1.29 is 40.1 Å². The molecule has 9 nitrogen and oxygen atoms in total. The Morgan fingerprint density at radius 1 is 0.889 bits per heavy atom. The van der Waals surface area contributed by atoms with Gasteiger partial charge in [-0.1, -0.05) is 36.4 Å². The standard InChI is InChI=1S/C32H26F3N3O6S/c33-32(34,35)24-13-9-21(10-14-24)26(19-20-5-7-22(8-6-20)29(39)36-17-18-45(41,42)43)30(40)37-25-15-11-23(12-16-25)31-38-27-3-1-2-4-28(27)44-31/h1-16,26H,17-19H2,(H,36,39)(H,37,40)(H,41,42,43). The number of benzene rings is 4. The summed E-state index contributed by atoms with van der Waals surface area (Å²) in [5.74, 6) is -2.15. The summed E-state index contributed by atoms with van der Waals surface area (Å²) < 4.78 is 75.9. The molecule has 3 N–H and O–H groups in total. The number of fused-ring (bicyclic) bond motifs is 1. The average molecular weight is 638 g/mol. The van der Waals surface area contributed by atoms with Crippen molar-refractivity contribution >= 4 is 38.7 Å². The molecule has 13 heteroatoms. The van der Waals surface area contributed by atoms with E-state index in [2.05, 4.69) is 15.6 Å². The number of carbonyl (C=O) groups excluding carboxylic acids is 2. The minimum absolute atomic E-state index is 0.100. The quantitative estimate of drug-likeness (QED) is 0.157. The van der Waals surface area contributed by atoms with E-state index in [0.29, 0.717) is 39.4 Å². The zero-order valence-corrected chi connectivity index (χ0v) is 24.2. The normalized spacial score (nSPS) is 12.5. The number of alkyl halides is 3. The summed E-state index contributed by atoms with van der Waals surface area (Å²) >= 11 is 0. The number of nitrogens with one attached hydrogen (secondary N) is 2. The minimum Gasteiger partial charge on any atom is -0.436 e. The van der Waals surface area contributed by atoms with E-state index in [1.54, 1.807) is 42.5 Å². The van der Waals surface area contributed by atoms with Crippen LogP contribution < -0.4 is 10.6 Å². The molecule has 0 bridgehead atoms. The van der Waals surface area contributed by atoms with Crippen LogP contribution in [-0.4, -0.2) is 42.1 Å². The Kier molecular flexibility index (Phi) is 9.02. The number of amides is 2. The number of oxazole rings is 1. The molecule has 5 rings (SSSR count). The van der Waals surface area contributed by atoms with Crippen LogP contribution >= 0.6 is 0 Å². The van der Waals surface area contributed by atoms with Crippen LogP contribution in [0.1, 0.15) is 33.0 Å². The summed E-state index contributed by atoms with van der Waals surface area (Å²) in [6.07, 6.45) is -4.44.